The average Bonchev–Trinajstić information content (AvgIpc) is 3.34. The van der Waals surface area contributed by atoms with Gasteiger partial charge in [0.1, 0.15) is 0 Å². The minimum atomic E-state index is -3.71. The Morgan fingerprint density at radius 1 is 0.630 bits per heavy atom. The molecule has 2 heterocycles. The normalized spacial score (nSPS) is 21.3. The van der Waals surface area contributed by atoms with Gasteiger partial charge in [-0.2, -0.15) is 0 Å². The van der Waals surface area contributed by atoms with Crippen LogP contribution in [0.2, 0.25) is 0 Å². The van der Waals surface area contributed by atoms with Crippen molar-refractivity contribution < 1.29 is 13.6 Å². The van der Waals surface area contributed by atoms with Crippen LogP contribution in [0.15, 0.2) is 91.0 Å². The van der Waals surface area contributed by atoms with Crippen LogP contribution < -0.4 is 10.4 Å². The quantitative estimate of drug-likeness (QED) is 0.671. The first-order valence-corrected chi connectivity index (χ1v) is 11.0. The second-order valence-corrected chi connectivity index (χ2v) is 9.73. The van der Waals surface area contributed by atoms with Crippen LogP contribution in [0.5, 0.6) is 0 Å². The summed E-state index contributed by atoms with van der Waals surface area (Å²) >= 11 is 0. The second kappa shape index (κ2) is 6.21. The molecule has 0 amide bonds. The van der Waals surface area contributed by atoms with E-state index in [1.54, 1.807) is 0 Å². The fraction of sp³-hybridized carbons (Fsp3) is 0.0909. The summed E-state index contributed by atoms with van der Waals surface area (Å²) in [5, 5.41) is 4.51. The Balaban J connectivity index is 1.71. The van der Waals surface area contributed by atoms with Gasteiger partial charge in [0.15, 0.2) is 0 Å². The standard InChI is InChI=1S/C22H20NO3P/c1-4-10-18(11-5-1)21-22(19-12-6-2-7-13-19)26-27(23-21,24-16-17-25-27)20-14-8-3-9-15-20/h1-15,23H,16-17H2. The van der Waals surface area contributed by atoms with Gasteiger partial charge in [-0.1, -0.05) is 0 Å². The van der Waals surface area contributed by atoms with E-state index in [4.69, 9.17) is 13.6 Å². The van der Waals surface area contributed by atoms with Crippen molar-refractivity contribution >= 4 is 24.2 Å². The molecular formula is C22H20NO3P. The monoisotopic (exact) mass is 377 g/mol. The molecule has 0 bridgehead atoms. The summed E-state index contributed by atoms with van der Waals surface area (Å²) in [4.78, 5) is 0. The summed E-state index contributed by atoms with van der Waals surface area (Å²) in [6, 6.07) is 30.2. The Morgan fingerprint density at radius 2 is 1.15 bits per heavy atom. The van der Waals surface area contributed by atoms with Gasteiger partial charge in [0.25, 0.3) is 0 Å². The first-order valence-electron chi connectivity index (χ1n) is 9.01. The molecule has 1 N–H and O–H groups in total. The summed E-state index contributed by atoms with van der Waals surface area (Å²) < 4.78 is 19.3. The Labute approximate surface area is 158 Å². The molecule has 0 radical (unpaired) electrons. The number of hydrogen-bond acceptors (Lipinski definition) is 4. The van der Waals surface area contributed by atoms with Crippen LogP contribution in [0.3, 0.4) is 0 Å². The average molecular weight is 377 g/mol. The molecular weight excluding hydrogens is 357 g/mol. The maximum absolute atomic E-state index is 6.69. The van der Waals surface area contributed by atoms with E-state index in [0.717, 1.165) is 27.9 Å². The van der Waals surface area contributed by atoms with Gasteiger partial charge in [0, 0.05) is 0 Å². The molecule has 2 aliphatic rings. The van der Waals surface area contributed by atoms with Crippen molar-refractivity contribution in [1.82, 2.24) is 5.09 Å². The van der Waals surface area contributed by atoms with Crippen molar-refractivity contribution in [3.05, 3.63) is 102 Å². The molecule has 4 nitrogen and oxygen atoms in total. The zero-order chi connectivity index (χ0) is 18.2. The van der Waals surface area contributed by atoms with Gasteiger partial charge in [-0.05, 0) is 0 Å². The van der Waals surface area contributed by atoms with Crippen LogP contribution in [-0.2, 0) is 13.6 Å². The van der Waals surface area contributed by atoms with Crippen LogP contribution in [0.4, 0.5) is 0 Å². The summed E-state index contributed by atoms with van der Waals surface area (Å²) in [7, 11) is -3.71. The van der Waals surface area contributed by atoms with E-state index in [1.165, 1.54) is 0 Å². The Bertz CT molecular complexity index is 928. The first-order chi connectivity index (χ1) is 13.3. The molecule has 3 aromatic rings. The molecule has 27 heavy (non-hydrogen) atoms. The summed E-state index contributed by atoms with van der Waals surface area (Å²) in [6.45, 7) is 0.980. The molecule has 0 saturated carbocycles. The SMILES string of the molecule is c1ccc(C2=C(c3ccccc3)OP3(c4ccccc4)(N2)OCCO3)cc1. The topological polar surface area (TPSA) is 39.7 Å². The van der Waals surface area contributed by atoms with E-state index < -0.39 is 7.43 Å². The third kappa shape index (κ3) is 2.57. The van der Waals surface area contributed by atoms with Crippen LogP contribution >= 0.6 is 7.43 Å². The van der Waals surface area contributed by atoms with Crippen LogP contribution in [-0.4, -0.2) is 13.2 Å². The van der Waals surface area contributed by atoms with Crippen LogP contribution in [0, 0.1) is 0 Å². The maximum atomic E-state index is 6.69. The van der Waals surface area contributed by atoms with E-state index in [-0.39, 0.29) is 0 Å². The van der Waals surface area contributed by atoms with E-state index in [2.05, 4.69) is 17.2 Å². The molecule has 2 aliphatic heterocycles. The summed E-state index contributed by atoms with van der Waals surface area (Å²) in [5.41, 5.74) is 2.92. The predicted octanol–water partition coefficient (Wildman–Crippen LogP) is 4.72. The fourth-order valence-electron chi connectivity index (χ4n) is 3.58. The van der Waals surface area contributed by atoms with Gasteiger partial charge < -0.3 is 0 Å². The molecule has 5 heteroatoms. The van der Waals surface area contributed by atoms with Gasteiger partial charge in [-0.15, -0.1) is 0 Å². The number of nitrogens with one attached hydrogen (secondary N) is 1. The molecule has 136 valence electrons. The molecule has 1 saturated heterocycles. The Hall–Kier alpha value is -2.65. The van der Waals surface area contributed by atoms with Gasteiger partial charge in [0.2, 0.25) is 0 Å². The molecule has 0 aromatic heterocycles. The molecule has 3 aromatic carbocycles. The van der Waals surface area contributed by atoms with Crippen molar-refractivity contribution in [2.24, 2.45) is 0 Å². The molecule has 1 fully saturated rings. The zero-order valence-electron chi connectivity index (χ0n) is 14.7. The van der Waals surface area contributed by atoms with Gasteiger partial charge >= 0.3 is 158 Å². The molecule has 0 atom stereocenters. The van der Waals surface area contributed by atoms with Gasteiger partial charge in [0.05, 0.1) is 0 Å². The number of benzene rings is 3. The van der Waals surface area contributed by atoms with E-state index in [9.17, 15) is 0 Å². The third-order valence-electron chi connectivity index (χ3n) is 4.82. The van der Waals surface area contributed by atoms with E-state index >= 15 is 0 Å². The molecule has 5 rings (SSSR count). The minimum absolute atomic E-state index is 0.490. The number of rotatable bonds is 3. The van der Waals surface area contributed by atoms with Gasteiger partial charge in [-0.3, -0.25) is 0 Å². The third-order valence-corrected chi connectivity index (χ3v) is 8.44. The van der Waals surface area contributed by atoms with E-state index in [1.807, 2.05) is 78.9 Å². The number of hydrogen-bond donors (Lipinski definition) is 1. The zero-order valence-corrected chi connectivity index (χ0v) is 15.6. The Kier molecular flexibility index (Phi) is 3.80. The van der Waals surface area contributed by atoms with Gasteiger partial charge in [-0.25, -0.2) is 0 Å². The van der Waals surface area contributed by atoms with E-state index in [0.29, 0.717) is 13.2 Å². The Morgan fingerprint density at radius 3 is 1.74 bits per heavy atom. The second-order valence-electron chi connectivity index (χ2n) is 6.52. The fourth-order valence-corrected chi connectivity index (χ4v) is 7.11. The van der Waals surface area contributed by atoms with Crippen molar-refractivity contribution in [3.63, 3.8) is 0 Å². The first kappa shape index (κ1) is 16.5. The van der Waals surface area contributed by atoms with Crippen molar-refractivity contribution in [3.8, 4) is 0 Å². The van der Waals surface area contributed by atoms with Crippen molar-refractivity contribution in [2.45, 2.75) is 0 Å². The van der Waals surface area contributed by atoms with Crippen molar-refractivity contribution in [2.75, 3.05) is 13.2 Å². The molecule has 0 unspecified atom stereocenters. The summed E-state index contributed by atoms with van der Waals surface area (Å²) in [6.07, 6.45) is 0. The van der Waals surface area contributed by atoms with Crippen LogP contribution in [0.25, 0.3) is 11.5 Å². The predicted molar refractivity (Wildman–Crippen MR) is 109 cm³/mol. The van der Waals surface area contributed by atoms with Crippen LogP contribution in [0.1, 0.15) is 11.1 Å². The van der Waals surface area contributed by atoms with Crippen molar-refractivity contribution in [1.29, 1.82) is 0 Å². The molecule has 0 aliphatic carbocycles. The molecule has 1 spiro atoms. The summed E-state index contributed by atoms with van der Waals surface area (Å²) in [5.74, 6) is 0.755.